The van der Waals surface area contributed by atoms with E-state index < -0.39 is 0 Å². The van der Waals surface area contributed by atoms with Crippen molar-refractivity contribution in [3.8, 4) is 5.75 Å². The maximum Gasteiger partial charge on any atom is 0.119 e. The van der Waals surface area contributed by atoms with Crippen LogP contribution in [0.25, 0.3) is 0 Å². The summed E-state index contributed by atoms with van der Waals surface area (Å²) < 4.78 is 5.38. The fourth-order valence-electron chi connectivity index (χ4n) is 3.62. The summed E-state index contributed by atoms with van der Waals surface area (Å²) in [5.74, 6) is 0.894. The van der Waals surface area contributed by atoms with Crippen molar-refractivity contribution in [2.75, 3.05) is 20.2 Å². The van der Waals surface area contributed by atoms with E-state index in [2.05, 4.69) is 43.0 Å². The average molecular weight is 345 g/mol. The molecule has 3 rings (SSSR count). The zero-order chi connectivity index (χ0) is 17.3. The Morgan fingerprint density at radius 2 is 1.92 bits per heavy atom. The topological polar surface area (TPSA) is 38.5 Å². The van der Waals surface area contributed by atoms with Crippen molar-refractivity contribution in [3.63, 3.8) is 0 Å². The molecule has 0 fully saturated rings. The summed E-state index contributed by atoms with van der Waals surface area (Å²) in [5, 5.41) is 0.773. The smallest absolute Gasteiger partial charge is 0.119 e. The minimum atomic E-state index is 0.0180. The molecule has 0 spiro atoms. The van der Waals surface area contributed by atoms with E-state index in [1.54, 1.807) is 7.11 Å². The number of hydrogen-bond donors (Lipinski definition) is 1. The Morgan fingerprint density at radius 1 is 1.21 bits per heavy atom. The molecule has 2 aromatic rings. The maximum atomic E-state index is 6.11. The minimum absolute atomic E-state index is 0.0180. The van der Waals surface area contributed by atoms with Crippen molar-refractivity contribution in [1.82, 2.24) is 4.90 Å². The first kappa shape index (κ1) is 17.3. The molecule has 0 radical (unpaired) electrons. The van der Waals surface area contributed by atoms with Gasteiger partial charge in [-0.1, -0.05) is 43.6 Å². The molecular weight excluding hydrogens is 320 g/mol. The first-order valence-corrected chi connectivity index (χ1v) is 8.69. The molecule has 4 heteroatoms. The minimum Gasteiger partial charge on any atom is -0.497 e. The van der Waals surface area contributed by atoms with Gasteiger partial charge in [0.15, 0.2) is 0 Å². The predicted octanol–water partition coefficient (Wildman–Crippen LogP) is 4.14. The van der Waals surface area contributed by atoms with Gasteiger partial charge in [-0.25, -0.2) is 0 Å². The Labute approximate surface area is 149 Å². The molecule has 1 aliphatic heterocycles. The Balaban J connectivity index is 1.83. The van der Waals surface area contributed by atoms with Crippen LogP contribution < -0.4 is 10.5 Å². The highest BCUT2D eigenvalue weighted by atomic mass is 35.5. The summed E-state index contributed by atoms with van der Waals surface area (Å²) in [6.45, 7) is 7.02. The first-order chi connectivity index (χ1) is 11.4. The zero-order valence-corrected chi connectivity index (χ0v) is 15.3. The molecule has 128 valence electrons. The summed E-state index contributed by atoms with van der Waals surface area (Å²) in [6, 6.07) is 14.7. The molecule has 0 saturated heterocycles. The van der Waals surface area contributed by atoms with Crippen LogP contribution in [0.1, 0.15) is 36.6 Å². The Morgan fingerprint density at radius 3 is 2.54 bits per heavy atom. The highest BCUT2D eigenvalue weighted by molar-refractivity contribution is 6.30. The van der Waals surface area contributed by atoms with E-state index in [-0.39, 0.29) is 11.5 Å². The third-order valence-electron chi connectivity index (χ3n) is 4.97. The van der Waals surface area contributed by atoms with E-state index in [1.807, 2.05) is 18.2 Å². The quantitative estimate of drug-likeness (QED) is 0.885. The van der Waals surface area contributed by atoms with Gasteiger partial charge in [-0.15, -0.1) is 0 Å². The van der Waals surface area contributed by atoms with E-state index in [1.165, 1.54) is 16.7 Å². The second kappa shape index (κ2) is 6.75. The summed E-state index contributed by atoms with van der Waals surface area (Å²) in [5.41, 5.74) is 10.1. The zero-order valence-electron chi connectivity index (χ0n) is 14.6. The van der Waals surface area contributed by atoms with Crippen LogP contribution in [0.4, 0.5) is 0 Å². The van der Waals surface area contributed by atoms with Crippen molar-refractivity contribution in [1.29, 1.82) is 0 Å². The second-order valence-electron chi connectivity index (χ2n) is 7.11. The Hall–Kier alpha value is -1.55. The molecule has 1 atom stereocenters. The number of ether oxygens (including phenoxy) is 1. The molecule has 0 amide bonds. The third-order valence-corrected chi connectivity index (χ3v) is 5.23. The van der Waals surface area contributed by atoms with Crippen molar-refractivity contribution in [2.24, 2.45) is 5.73 Å². The van der Waals surface area contributed by atoms with Crippen LogP contribution >= 0.6 is 11.6 Å². The van der Waals surface area contributed by atoms with Gasteiger partial charge in [0.05, 0.1) is 7.11 Å². The van der Waals surface area contributed by atoms with E-state index in [0.717, 1.165) is 23.9 Å². The molecule has 2 N–H and O–H groups in total. The van der Waals surface area contributed by atoms with Crippen LogP contribution in [0.2, 0.25) is 5.02 Å². The number of benzene rings is 2. The van der Waals surface area contributed by atoms with Crippen molar-refractivity contribution in [2.45, 2.75) is 31.8 Å². The molecule has 1 unspecified atom stereocenters. The standard InChI is InChI=1S/C20H25ClN2O/c1-20(2,15-5-7-16(21)8-6-15)13-23-12-14-4-9-17(24-3)10-18(14)19(23)11-22/h4-10,19H,11-13,22H2,1-3H3. The Bertz CT molecular complexity index is 712. The average Bonchev–Trinajstić information content (AvgIpc) is 2.90. The van der Waals surface area contributed by atoms with Gasteiger partial charge in [-0.2, -0.15) is 0 Å². The molecule has 1 heterocycles. The molecule has 1 aliphatic rings. The van der Waals surface area contributed by atoms with Crippen LogP contribution in [0.5, 0.6) is 5.75 Å². The van der Waals surface area contributed by atoms with E-state index in [4.69, 9.17) is 22.1 Å². The SMILES string of the molecule is COc1ccc2c(c1)C(CN)N(CC(C)(C)c1ccc(Cl)cc1)C2. The number of hydrogen-bond acceptors (Lipinski definition) is 3. The summed E-state index contributed by atoms with van der Waals surface area (Å²) in [7, 11) is 1.70. The highest BCUT2D eigenvalue weighted by Crippen LogP contribution is 2.38. The lowest BCUT2D eigenvalue weighted by molar-refractivity contribution is 0.179. The monoisotopic (exact) mass is 344 g/mol. The highest BCUT2D eigenvalue weighted by Gasteiger charge is 2.34. The van der Waals surface area contributed by atoms with Gasteiger partial charge in [-0.3, -0.25) is 4.90 Å². The maximum absolute atomic E-state index is 6.11. The van der Waals surface area contributed by atoms with Crippen LogP contribution in [0, 0.1) is 0 Å². The fourth-order valence-corrected chi connectivity index (χ4v) is 3.75. The molecule has 3 nitrogen and oxygen atoms in total. The number of nitrogens with zero attached hydrogens (tertiary/aromatic N) is 1. The lowest BCUT2D eigenvalue weighted by Gasteiger charge is -2.34. The molecule has 0 saturated carbocycles. The van der Waals surface area contributed by atoms with Gasteiger partial charge < -0.3 is 10.5 Å². The van der Waals surface area contributed by atoms with Crippen LogP contribution in [-0.4, -0.2) is 25.1 Å². The molecule has 2 aromatic carbocycles. The first-order valence-electron chi connectivity index (χ1n) is 8.31. The number of halogens is 1. The van der Waals surface area contributed by atoms with E-state index >= 15 is 0 Å². The van der Waals surface area contributed by atoms with Crippen molar-refractivity contribution >= 4 is 11.6 Å². The van der Waals surface area contributed by atoms with Gasteiger partial charge in [-0.05, 0) is 41.0 Å². The largest absolute Gasteiger partial charge is 0.497 e. The van der Waals surface area contributed by atoms with Gasteiger partial charge in [0.1, 0.15) is 5.75 Å². The lowest BCUT2D eigenvalue weighted by Crippen LogP contribution is -2.38. The number of methoxy groups -OCH3 is 1. The molecule has 0 bridgehead atoms. The van der Waals surface area contributed by atoms with Gasteiger partial charge >= 0.3 is 0 Å². The van der Waals surface area contributed by atoms with Gasteiger partial charge in [0.2, 0.25) is 0 Å². The van der Waals surface area contributed by atoms with Crippen LogP contribution in [0.15, 0.2) is 42.5 Å². The summed E-state index contributed by atoms with van der Waals surface area (Å²) in [4.78, 5) is 2.47. The summed E-state index contributed by atoms with van der Waals surface area (Å²) in [6.07, 6.45) is 0. The van der Waals surface area contributed by atoms with Gasteiger partial charge in [0, 0.05) is 36.1 Å². The molecule has 0 aromatic heterocycles. The molecule has 0 aliphatic carbocycles. The summed E-state index contributed by atoms with van der Waals surface area (Å²) >= 11 is 6.03. The van der Waals surface area contributed by atoms with Gasteiger partial charge in [0.25, 0.3) is 0 Å². The molecular formula is C20H25ClN2O. The fraction of sp³-hybridized carbons (Fsp3) is 0.400. The Kier molecular flexibility index (Phi) is 4.86. The number of fused-ring (bicyclic) bond motifs is 1. The molecule has 24 heavy (non-hydrogen) atoms. The van der Waals surface area contributed by atoms with Crippen molar-refractivity contribution < 1.29 is 4.74 Å². The van der Waals surface area contributed by atoms with Crippen LogP contribution in [0.3, 0.4) is 0 Å². The normalized spacial score (nSPS) is 17.8. The second-order valence-corrected chi connectivity index (χ2v) is 7.55. The number of nitrogens with two attached hydrogens (primary N) is 1. The van der Waals surface area contributed by atoms with Crippen molar-refractivity contribution in [3.05, 3.63) is 64.2 Å². The van der Waals surface area contributed by atoms with Crippen LogP contribution in [-0.2, 0) is 12.0 Å². The predicted molar refractivity (Wildman–Crippen MR) is 99.7 cm³/mol. The third kappa shape index (κ3) is 3.30. The lowest BCUT2D eigenvalue weighted by atomic mass is 9.84. The van der Waals surface area contributed by atoms with E-state index in [0.29, 0.717) is 6.54 Å². The number of rotatable bonds is 5. The van der Waals surface area contributed by atoms with E-state index in [9.17, 15) is 0 Å².